The number of ether oxygens (including phenoxy) is 1. The normalized spacial score (nSPS) is 14.7. The van der Waals surface area contributed by atoms with Crippen LogP contribution in [0.5, 0.6) is 5.75 Å². The van der Waals surface area contributed by atoms with Crippen molar-refractivity contribution in [2.75, 3.05) is 37.0 Å². The lowest BCUT2D eigenvalue weighted by Crippen LogP contribution is -2.42. The van der Waals surface area contributed by atoms with Crippen LogP contribution in [-0.4, -0.2) is 57.7 Å². The number of halogens is 1. The number of methoxy groups -OCH3 is 1. The zero-order valence-electron chi connectivity index (χ0n) is 20.4. The lowest BCUT2D eigenvalue weighted by atomic mass is 10.0. The molecule has 9 nitrogen and oxygen atoms in total. The number of rotatable bonds is 8. The Morgan fingerprint density at radius 3 is 2.66 bits per heavy atom. The largest absolute Gasteiger partial charge is 0.495 e. The average molecular weight is 495 g/mol. The van der Waals surface area contributed by atoms with Gasteiger partial charge in [0, 0.05) is 49.2 Å². The van der Waals surface area contributed by atoms with Gasteiger partial charge in [-0.3, -0.25) is 0 Å². The first-order valence-electron chi connectivity index (χ1n) is 12.2. The predicted molar refractivity (Wildman–Crippen MR) is 141 cm³/mol. The van der Waals surface area contributed by atoms with Crippen LogP contribution < -0.4 is 20.3 Å². The van der Waals surface area contributed by atoms with Gasteiger partial charge >= 0.3 is 0 Å². The topological polar surface area (TPSA) is 93.0 Å². The summed E-state index contributed by atoms with van der Waals surface area (Å²) in [4.78, 5) is 7.09. The molecule has 2 N–H and O–H groups in total. The van der Waals surface area contributed by atoms with Gasteiger partial charge in [-0.2, -0.15) is 5.10 Å². The second-order valence-corrected chi connectivity index (χ2v) is 9.17. The van der Waals surface area contributed by atoms with E-state index in [4.69, 9.17) is 21.3 Å². The summed E-state index contributed by atoms with van der Waals surface area (Å²) < 4.78 is 7.18. The number of piperidine rings is 1. The summed E-state index contributed by atoms with van der Waals surface area (Å²) in [6.07, 6.45) is 5.96. The molecule has 1 aliphatic heterocycles. The lowest BCUT2D eigenvalue weighted by Gasteiger charge is -2.33. The van der Waals surface area contributed by atoms with E-state index >= 15 is 0 Å². The smallest absolute Gasteiger partial charge is 0.160 e. The van der Waals surface area contributed by atoms with Crippen molar-refractivity contribution in [1.82, 2.24) is 30.3 Å². The number of pyridine rings is 1. The van der Waals surface area contributed by atoms with Crippen LogP contribution in [0.3, 0.4) is 0 Å². The van der Waals surface area contributed by atoms with Gasteiger partial charge in [0.1, 0.15) is 5.75 Å². The van der Waals surface area contributed by atoms with Crippen LogP contribution in [0, 0.1) is 0 Å². The van der Waals surface area contributed by atoms with E-state index in [0.717, 1.165) is 72.2 Å². The van der Waals surface area contributed by atoms with Crippen molar-refractivity contribution < 1.29 is 4.74 Å². The number of hydrogen-bond donors (Lipinski definition) is 2. The zero-order valence-corrected chi connectivity index (χ0v) is 21.1. The van der Waals surface area contributed by atoms with Crippen LogP contribution in [-0.2, 0) is 13.1 Å². The molecule has 0 unspecified atom stereocenters. The van der Waals surface area contributed by atoms with E-state index in [0.29, 0.717) is 29.2 Å². The molecule has 4 aromatic rings. The van der Waals surface area contributed by atoms with Crippen LogP contribution >= 0.6 is 11.6 Å². The fourth-order valence-corrected chi connectivity index (χ4v) is 5.11. The van der Waals surface area contributed by atoms with Gasteiger partial charge in [0.25, 0.3) is 0 Å². The van der Waals surface area contributed by atoms with Crippen molar-refractivity contribution >= 4 is 45.0 Å². The molecule has 4 heterocycles. The standard InChI is InChI=1S/C25H31ClN8O/c1-4-27-17-8-10-33(11-9-17)25-18-14-29-24-19(15-30-34(24)5-2)22(18)23(31-32-25)28-13-16-6-7-21(35-3)20(26)12-16/h6-7,12,14-15,17,27H,4-5,8-11,13H2,1-3H3,(H,28,31). The summed E-state index contributed by atoms with van der Waals surface area (Å²) in [5.74, 6) is 2.25. The summed E-state index contributed by atoms with van der Waals surface area (Å²) in [6, 6.07) is 6.32. The molecule has 0 atom stereocenters. The number of aromatic nitrogens is 5. The van der Waals surface area contributed by atoms with Gasteiger partial charge in [-0.1, -0.05) is 24.6 Å². The van der Waals surface area contributed by atoms with Crippen molar-refractivity contribution in [2.45, 2.75) is 45.8 Å². The Bertz CT molecular complexity index is 1330. The van der Waals surface area contributed by atoms with Crippen LogP contribution in [0.2, 0.25) is 5.02 Å². The number of nitrogens with zero attached hydrogens (tertiary/aromatic N) is 6. The van der Waals surface area contributed by atoms with Crippen molar-refractivity contribution in [1.29, 1.82) is 0 Å². The van der Waals surface area contributed by atoms with Crippen LogP contribution in [0.1, 0.15) is 32.3 Å². The molecule has 5 rings (SSSR count). The third kappa shape index (κ3) is 4.58. The van der Waals surface area contributed by atoms with Crippen LogP contribution in [0.4, 0.5) is 11.6 Å². The van der Waals surface area contributed by atoms with Crippen LogP contribution in [0.25, 0.3) is 21.8 Å². The number of nitrogens with one attached hydrogen (secondary N) is 2. The van der Waals surface area contributed by atoms with E-state index in [1.54, 1.807) is 7.11 Å². The first kappa shape index (κ1) is 23.6. The van der Waals surface area contributed by atoms with Crippen molar-refractivity contribution in [2.24, 2.45) is 0 Å². The number of hydrogen-bond acceptors (Lipinski definition) is 8. The van der Waals surface area contributed by atoms with E-state index in [1.807, 2.05) is 35.3 Å². The van der Waals surface area contributed by atoms with Gasteiger partial charge in [0.05, 0.1) is 23.7 Å². The highest BCUT2D eigenvalue weighted by atomic mass is 35.5. The first-order chi connectivity index (χ1) is 17.1. The maximum Gasteiger partial charge on any atom is 0.160 e. The zero-order chi connectivity index (χ0) is 24.4. The van der Waals surface area contributed by atoms with Gasteiger partial charge in [-0.05, 0) is 44.0 Å². The van der Waals surface area contributed by atoms with E-state index < -0.39 is 0 Å². The molecule has 0 bridgehead atoms. The van der Waals surface area contributed by atoms with Crippen molar-refractivity contribution in [3.05, 3.63) is 41.2 Å². The molecule has 1 saturated heterocycles. The lowest BCUT2D eigenvalue weighted by molar-refractivity contribution is 0.415. The fourth-order valence-electron chi connectivity index (χ4n) is 4.83. The Balaban J connectivity index is 1.52. The molecule has 10 heteroatoms. The van der Waals surface area contributed by atoms with E-state index in [-0.39, 0.29) is 0 Å². The molecule has 35 heavy (non-hydrogen) atoms. The van der Waals surface area contributed by atoms with E-state index in [1.165, 1.54) is 0 Å². The Labute approximate surface area is 209 Å². The fraction of sp³-hybridized carbons (Fsp3) is 0.440. The van der Waals surface area contributed by atoms with Crippen molar-refractivity contribution in [3.8, 4) is 5.75 Å². The third-order valence-corrected chi connectivity index (χ3v) is 6.95. The monoisotopic (exact) mass is 494 g/mol. The Morgan fingerprint density at radius 1 is 1.11 bits per heavy atom. The minimum atomic E-state index is 0.548. The molecule has 1 aromatic carbocycles. The Hall–Kier alpha value is -3.17. The SMILES string of the molecule is CCNC1CCN(c2nnc(NCc3ccc(OC)c(Cl)c3)c3c2cnc2c3cnn2CC)CC1. The number of aryl methyl sites for hydroxylation is 1. The molecule has 0 saturated carbocycles. The highest BCUT2D eigenvalue weighted by Crippen LogP contribution is 2.35. The summed E-state index contributed by atoms with van der Waals surface area (Å²) in [6.45, 7) is 8.39. The predicted octanol–water partition coefficient (Wildman–Crippen LogP) is 4.25. The van der Waals surface area contributed by atoms with Crippen molar-refractivity contribution in [3.63, 3.8) is 0 Å². The van der Waals surface area contributed by atoms with Gasteiger partial charge in [0.15, 0.2) is 17.3 Å². The summed E-state index contributed by atoms with van der Waals surface area (Å²) in [7, 11) is 1.61. The third-order valence-electron chi connectivity index (χ3n) is 6.65. The molecule has 1 aliphatic rings. The van der Waals surface area contributed by atoms with E-state index in [9.17, 15) is 0 Å². The quantitative estimate of drug-likeness (QED) is 0.375. The minimum Gasteiger partial charge on any atom is -0.495 e. The number of anilines is 2. The van der Waals surface area contributed by atoms with E-state index in [2.05, 4.69) is 44.7 Å². The van der Waals surface area contributed by atoms with Gasteiger partial charge in [0.2, 0.25) is 0 Å². The Morgan fingerprint density at radius 2 is 1.94 bits per heavy atom. The van der Waals surface area contributed by atoms with Gasteiger partial charge in [-0.25, -0.2) is 9.67 Å². The molecule has 1 fully saturated rings. The highest BCUT2D eigenvalue weighted by molar-refractivity contribution is 6.32. The molecular weight excluding hydrogens is 464 g/mol. The van der Waals surface area contributed by atoms with Gasteiger partial charge < -0.3 is 20.3 Å². The summed E-state index contributed by atoms with van der Waals surface area (Å²) >= 11 is 6.33. The molecule has 0 aliphatic carbocycles. The molecule has 3 aromatic heterocycles. The molecular formula is C25H31ClN8O. The average Bonchev–Trinajstić information content (AvgIpc) is 3.31. The minimum absolute atomic E-state index is 0.548. The summed E-state index contributed by atoms with van der Waals surface area (Å²) in [5.41, 5.74) is 1.87. The van der Waals surface area contributed by atoms with Gasteiger partial charge in [-0.15, -0.1) is 10.2 Å². The molecule has 184 valence electrons. The Kier molecular flexibility index (Phi) is 6.88. The maximum absolute atomic E-state index is 6.33. The first-order valence-corrected chi connectivity index (χ1v) is 12.6. The number of benzene rings is 1. The number of fused-ring (bicyclic) bond motifs is 3. The molecule has 0 amide bonds. The van der Waals surface area contributed by atoms with Crippen LogP contribution in [0.15, 0.2) is 30.6 Å². The summed E-state index contributed by atoms with van der Waals surface area (Å²) in [5, 5.41) is 24.4. The molecule has 0 spiro atoms. The second kappa shape index (κ2) is 10.2. The second-order valence-electron chi connectivity index (χ2n) is 8.76. The maximum atomic E-state index is 6.33. The molecule has 0 radical (unpaired) electrons. The highest BCUT2D eigenvalue weighted by Gasteiger charge is 2.24.